The summed E-state index contributed by atoms with van der Waals surface area (Å²) in [6, 6.07) is -0.135. The summed E-state index contributed by atoms with van der Waals surface area (Å²) < 4.78 is 5.44. The summed E-state index contributed by atoms with van der Waals surface area (Å²) in [5.41, 5.74) is -0.437. The maximum absolute atomic E-state index is 12.1. The van der Waals surface area contributed by atoms with Crippen LogP contribution in [0.15, 0.2) is 0 Å². The predicted molar refractivity (Wildman–Crippen MR) is 73.7 cm³/mol. The molecule has 1 aliphatic heterocycles. The van der Waals surface area contributed by atoms with Crippen molar-refractivity contribution >= 4 is 11.9 Å². The summed E-state index contributed by atoms with van der Waals surface area (Å²) in [6.45, 7) is 7.34. The van der Waals surface area contributed by atoms with Gasteiger partial charge in [-0.1, -0.05) is 0 Å². The first-order valence-corrected chi connectivity index (χ1v) is 7.01. The van der Waals surface area contributed by atoms with Gasteiger partial charge >= 0.3 is 5.97 Å². The number of nitrogens with zero attached hydrogens (tertiary/aromatic N) is 1. The third kappa shape index (κ3) is 5.59. The second kappa shape index (κ2) is 6.89. The summed E-state index contributed by atoms with van der Waals surface area (Å²) >= 11 is 0. The van der Waals surface area contributed by atoms with Crippen LogP contribution in [0, 0.1) is 0 Å². The van der Waals surface area contributed by atoms with E-state index in [0.29, 0.717) is 6.42 Å². The largest absolute Gasteiger partial charge is 0.459 e. The quantitative estimate of drug-likeness (QED) is 0.765. The molecule has 0 radical (unpaired) electrons. The van der Waals surface area contributed by atoms with Gasteiger partial charge in [-0.25, -0.2) is 0 Å². The minimum Gasteiger partial charge on any atom is -0.459 e. The van der Waals surface area contributed by atoms with E-state index < -0.39 is 5.60 Å². The molecule has 0 unspecified atom stereocenters. The van der Waals surface area contributed by atoms with Gasteiger partial charge in [-0.15, -0.1) is 0 Å². The van der Waals surface area contributed by atoms with E-state index in [2.05, 4.69) is 10.2 Å². The number of rotatable bonds is 5. The van der Waals surface area contributed by atoms with Gasteiger partial charge in [0.05, 0.1) is 0 Å². The normalized spacial score (nSPS) is 20.3. The molecular formula is C14H26N2O3. The van der Waals surface area contributed by atoms with Crippen LogP contribution in [0.25, 0.3) is 0 Å². The van der Waals surface area contributed by atoms with Gasteiger partial charge in [-0.05, 0) is 53.1 Å². The van der Waals surface area contributed by atoms with E-state index in [1.807, 2.05) is 20.8 Å². The van der Waals surface area contributed by atoms with Crippen LogP contribution in [0.2, 0.25) is 0 Å². The number of nitrogens with one attached hydrogen (secondary N) is 1. The average Bonchev–Trinajstić information content (AvgIpc) is 2.75. The smallest absolute Gasteiger partial charge is 0.323 e. The molecule has 1 amide bonds. The van der Waals surface area contributed by atoms with Gasteiger partial charge < -0.3 is 10.1 Å². The number of hydrogen-bond acceptors (Lipinski definition) is 4. The second-order valence-corrected chi connectivity index (χ2v) is 6.00. The Morgan fingerprint density at radius 2 is 2.05 bits per heavy atom. The molecule has 1 N–H and O–H groups in total. The lowest BCUT2D eigenvalue weighted by molar-refractivity contribution is -0.160. The van der Waals surface area contributed by atoms with Gasteiger partial charge in [0.15, 0.2) is 0 Å². The highest BCUT2D eigenvalue weighted by molar-refractivity contribution is 5.77. The Morgan fingerprint density at radius 3 is 2.63 bits per heavy atom. The van der Waals surface area contributed by atoms with E-state index in [-0.39, 0.29) is 17.9 Å². The Balaban J connectivity index is 2.41. The lowest BCUT2D eigenvalue weighted by atomic mass is 10.1. The van der Waals surface area contributed by atoms with E-state index in [9.17, 15) is 9.59 Å². The number of likely N-dealkylation sites (tertiary alicyclic amines) is 1. The third-order valence-electron chi connectivity index (χ3n) is 3.17. The summed E-state index contributed by atoms with van der Waals surface area (Å²) in [6.07, 6.45) is 3.16. The molecule has 0 saturated carbocycles. The van der Waals surface area contributed by atoms with Gasteiger partial charge in [0.2, 0.25) is 5.91 Å². The van der Waals surface area contributed by atoms with E-state index in [0.717, 1.165) is 32.4 Å². The van der Waals surface area contributed by atoms with E-state index >= 15 is 0 Å². The van der Waals surface area contributed by atoms with Crippen molar-refractivity contribution in [1.29, 1.82) is 0 Å². The highest BCUT2D eigenvalue weighted by Gasteiger charge is 2.33. The van der Waals surface area contributed by atoms with Crippen molar-refractivity contribution in [2.75, 3.05) is 20.1 Å². The number of esters is 1. The summed E-state index contributed by atoms with van der Waals surface area (Å²) in [4.78, 5) is 25.4. The maximum Gasteiger partial charge on any atom is 0.323 e. The topological polar surface area (TPSA) is 58.6 Å². The van der Waals surface area contributed by atoms with Crippen LogP contribution in [0.5, 0.6) is 0 Å². The highest BCUT2D eigenvalue weighted by atomic mass is 16.6. The molecule has 1 heterocycles. The van der Waals surface area contributed by atoms with Crippen LogP contribution in [0.1, 0.15) is 46.5 Å². The minimum absolute atomic E-state index is 0.0491. The van der Waals surface area contributed by atoms with Crippen molar-refractivity contribution in [3.8, 4) is 0 Å². The SMILES string of the molecule is CNC(=O)CCCN1CCC[C@H]1C(=O)OC(C)(C)C. The van der Waals surface area contributed by atoms with Gasteiger partial charge in [0, 0.05) is 13.5 Å². The second-order valence-electron chi connectivity index (χ2n) is 6.00. The summed E-state index contributed by atoms with van der Waals surface area (Å²) in [7, 11) is 1.64. The Hall–Kier alpha value is -1.10. The predicted octanol–water partition coefficient (Wildman–Crippen LogP) is 1.32. The molecule has 0 spiro atoms. The van der Waals surface area contributed by atoms with Gasteiger partial charge in [0.25, 0.3) is 0 Å². The Bertz CT molecular complexity index is 323. The highest BCUT2D eigenvalue weighted by Crippen LogP contribution is 2.21. The molecule has 1 saturated heterocycles. The third-order valence-corrected chi connectivity index (χ3v) is 3.17. The van der Waals surface area contributed by atoms with Gasteiger partial charge in [-0.2, -0.15) is 0 Å². The Kier molecular flexibility index (Phi) is 5.79. The Labute approximate surface area is 115 Å². The van der Waals surface area contributed by atoms with Gasteiger partial charge in [-0.3, -0.25) is 14.5 Å². The number of amides is 1. The monoisotopic (exact) mass is 270 g/mol. The van der Waals surface area contributed by atoms with Crippen molar-refractivity contribution < 1.29 is 14.3 Å². The lowest BCUT2D eigenvalue weighted by Gasteiger charge is -2.27. The molecule has 1 atom stereocenters. The fraction of sp³-hybridized carbons (Fsp3) is 0.857. The molecule has 5 heteroatoms. The average molecular weight is 270 g/mol. The first-order chi connectivity index (χ1) is 8.83. The first kappa shape index (κ1) is 16.0. The van der Waals surface area contributed by atoms with E-state index in [4.69, 9.17) is 4.74 Å². The first-order valence-electron chi connectivity index (χ1n) is 7.01. The fourth-order valence-electron chi connectivity index (χ4n) is 2.30. The molecule has 0 aromatic heterocycles. The minimum atomic E-state index is -0.437. The molecule has 0 aromatic rings. The van der Waals surface area contributed by atoms with Crippen molar-refractivity contribution in [3.05, 3.63) is 0 Å². The van der Waals surface area contributed by atoms with Crippen LogP contribution < -0.4 is 5.32 Å². The van der Waals surface area contributed by atoms with Crippen molar-refractivity contribution in [2.45, 2.75) is 58.1 Å². The number of carbonyl (C=O) groups excluding carboxylic acids is 2. The molecule has 0 aromatic carbocycles. The van der Waals surface area contributed by atoms with Crippen LogP contribution in [0.3, 0.4) is 0 Å². The van der Waals surface area contributed by atoms with E-state index in [1.54, 1.807) is 7.05 Å². The summed E-state index contributed by atoms with van der Waals surface area (Å²) in [5.74, 6) is -0.0852. The van der Waals surface area contributed by atoms with Crippen LogP contribution in [-0.4, -0.2) is 48.6 Å². The van der Waals surface area contributed by atoms with Crippen LogP contribution in [-0.2, 0) is 14.3 Å². The zero-order valence-corrected chi connectivity index (χ0v) is 12.5. The standard InChI is InChI=1S/C14H26N2O3/c1-14(2,3)19-13(18)11-7-5-9-16(11)10-6-8-12(17)15-4/h11H,5-10H2,1-4H3,(H,15,17)/t11-/m0/s1. The molecule has 19 heavy (non-hydrogen) atoms. The van der Waals surface area contributed by atoms with Crippen molar-refractivity contribution in [2.24, 2.45) is 0 Å². The molecule has 1 aliphatic rings. The number of ether oxygens (including phenoxy) is 1. The molecular weight excluding hydrogens is 244 g/mol. The maximum atomic E-state index is 12.1. The number of carbonyl (C=O) groups is 2. The summed E-state index contributed by atoms with van der Waals surface area (Å²) in [5, 5.41) is 2.61. The zero-order valence-electron chi connectivity index (χ0n) is 12.5. The molecule has 1 rings (SSSR count). The van der Waals surface area contributed by atoms with Crippen LogP contribution >= 0.6 is 0 Å². The van der Waals surface area contributed by atoms with E-state index in [1.165, 1.54) is 0 Å². The Morgan fingerprint density at radius 1 is 1.37 bits per heavy atom. The van der Waals surface area contributed by atoms with Crippen molar-refractivity contribution in [1.82, 2.24) is 10.2 Å². The lowest BCUT2D eigenvalue weighted by Crippen LogP contribution is -2.41. The molecule has 110 valence electrons. The van der Waals surface area contributed by atoms with Gasteiger partial charge in [0.1, 0.15) is 11.6 Å². The fourth-order valence-corrected chi connectivity index (χ4v) is 2.30. The molecule has 0 bridgehead atoms. The van der Waals surface area contributed by atoms with Crippen molar-refractivity contribution in [3.63, 3.8) is 0 Å². The van der Waals surface area contributed by atoms with Crippen LogP contribution in [0.4, 0.5) is 0 Å². The molecule has 1 fully saturated rings. The zero-order chi connectivity index (χ0) is 14.5. The molecule has 0 aliphatic carbocycles. The number of hydrogen-bond donors (Lipinski definition) is 1. The molecule has 5 nitrogen and oxygen atoms in total.